The predicted molar refractivity (Wildman–Crippen MR) is 51.0 cm³/mol. The van der Waals surface area contributed by atoms with E-state index in [1.54, 1.807) is 0 Å². The second kappa shape index (κ2) is 3.51. The summed E-state index contributed by atoms with van der Waals surface area (Å²) >= 11 is 0. The molecule has 1 saturated heterocycles. The lowest BCUT2D eigenvalue weighted by molar-refractivity contribution is -0.142. The van der Waals surface area contributed by atoms with Gasteiger partial charge in [0.05, 0.1) is 0 Å². The summed E-state index contributed by atoms with van der Waals surface area (Å²) in [6, 6.07) is -0.306. The van der Waals surface area contributed by atoms with Gasteiger partial charge in [-0.3, -0.25) is 9.69 Å². The molecule has 0 radical (unpaired) electrons. The maximum Gasteiger partial charge on any atom is 0.320 e. The topological polar surface area (TPSA) is 60.8 Å². The van der Waals surface area contributed by atoms with E-state index < -0.39 is 5.97 Å². The molecule has 0 bridgehead atoms. The fraction of sp³-hybridized carbons (Fsp3) is 0.900. The van der Waals surface area contributed by atoms with Crippen LogP contribution in [0.4, 0.5) is 0 Å². The molecule has 1 heterocycles. The Kier molecular flexibility index (Phi) is 2.49. The molecule has 2 N–H and O–H groups in total. The summed E-state index contributed by atoms with van der Waals surface area (Å²) in [6.07, 6.45) is 3.83. The highest BCUT2D eigenvalue weighted by Crippen LogP contribution is 2.46. The fourth-order valence-electron chi connectivity index (χ4n) is 2.27. The normalized spacial score (nSPS) is 30.5. The van der Waals surface area contributed by atoms with Crippen LogP contribution in [0.15, 0.2) is 0 Å². The molecule has 1 atom stereocenters. The van der Waals surface area contributed by atoms with Crippen molar-refractivity contribution in [2.24, 2.45) is 5.41 Å². The zero-order chi connectivity index (χ0) is 10.2. The number of aliphatic hydroxyl groups is 1. The highest BCUT2D eigenvalue weighted by atomic mass is 16.4. The number of hydrogen-bond donors (Lipinski definition) is 2. The maximum absolute atomic E-state index is 10.9. The van der Waals surface area contributed by atoms with Crippen molar-refractivity contribution in [3.8, 4) is 0 Å². The Morgan fingerprint density at radius 2 is 2.21 bits per heavy atom. The van der Waals surface area contributed by atoms with Crippen molar-refractivity contribution in [2.45, 2.75) is 31.7 Å². The molecule has 2 aliphatic rings. The van der Waals surface area contributed by atoms with Gasteiger partial charge in [-0.15, -0.1) is 0 Å². The molecule has 1 aliphatic heterocycles. The van der Waals surface area contributed by atoms with E-state index in [2.05, 4.69) is 0 Å². The molecular formula is C10H17NO3. The number of carbonyl (C=O) groups is 1. The van der Waals surface area contributed by atoms with Gasteiger partial charge in [0.1, 0.15) is 6.04 Å². The van der Waals surface area contributed by atoms with E-state index in [0.717, 1.165) is 38.8 Å². The Hall–Kier alpha value is -0.610. The van der Waals surface area contributed by atoms with E-state index in [1.165, 1.54) is 0 Å². The number of carboxylic acids is 1. The predicted octanol–water partition coefficient (Wildman–Crippen LogP) is 0.308. The van der Waals surface area contributed by atoms with Gasteiger partial charge in [-0.1, -0.05) is 0 Å². The molecule has 4 nitrogen and oxygen atoms in total. The van der Waals surface area contributed by atoms with Crippen molar-refractivity contribution < 1.29 is 15.0 Å². The van der Waals surface area contributed by atoms with Crippen LogP contribution in [0.3, 0.4) is 0 Å². The molecule has 1 unspecified atom stereocenters. The van der Waals surface area contributed by atoms with Crippen LogP contribution in [-0.4, -0.2) is 46.8 Å². The molecule has 4 heteroatoms. The van der Waals surface area contributed by atoms with Crippen molar-refractivity contribution in [3.63, 3.8) is 0 Å². The highest BCUT2D eigenvalue weighted by molar-refractivity contribution is 5.73. The molecular weight excluding hydrogens is 182 g/mol. The molecule has 80 valence electrons. The largest absolute Gasteiger partial charge is 0.480 e. The lowest BCUT2D eigenvalue weighted by Gasteiger charge is -2.25. The summed E-state index contributed by atoms with van der Waals surface area (Å²) in [6.45, 7) is 1.84. The van der Waals surface area contributed by atoms with Gasteiger partial charge >= 0.3 is 5.97 Å². The van der Waals surface area contributed by atoms with Crippen LogP contribution >= 0.6 is 0 Å². The Labute approximate surface area is 83.5 Å². The van der Waals surface area contributed by atoms with E-state index in [9.17, 15) is 4.79 Å². The summed E-state index contributed by atoms with van der Waals surface area (Å²) in [5.41, 5.74) is 0.0397. The van der Waals surface area contributed by atoms with E-state index >= 15 is 0 Å². The standard InChI is InChI=1S/C10H17NO3/c12-7-10(3-4-10)6-11-5-1-2-8(11)9(13)14/h8,12H,1-7H2,(H,13,14). The average molecular weight is 199 g/mol. The lowest BCUT2D eigenvalue weighted by atomic mass is 10.1. The van der Waals surface area contributed by atoms with Crippen LogP contribution in [-0.2, 0) is 4.79 Å². The maximum atomic E-state index is 10.9. The summed E-state index contributed by atoms with van der Waals surface area (Å²) in [5.74, 6) is -0.712. The van der Waals surface area contributed by atoms with Crippen molar-refractivity contribution >= 4 is 5.97 Å². The molecule has 0 aromatic heterocycles. The van der Waals surface area contributed by atoms with Crippen LogP contribution in [0.1, 0.15) is 25.7 Å². The minimum absolute atomic E-state index is 0.0397. The average Bonchev–Trinajstić information content (AvgIpc) is 2.76. The van der Waals surface area contributed by atoms with E-state index in [0.29, 0.717) is 0 Å². The number of rotatable bonds is 4. The number of likely N-dealkylation sites (tertiary alicyclic amines) is 1. The number of nitrogens with zero attached hydrogens (tertiary/aromatic N) is 1. The van der Waals surface area contributed by atoms with Gasteiger partial charge in [0.2, 0.25) is 0 Å². The van der Waals surface area contributed by atoms with Crippen molar-refractivity contribution in [1.29, 1.82) is 0 Å². The monoisotopic (exact) mass is 199 g/mol. The van der Waals surface area contributed by atoms with Crippen LogP contribution in [0, 0.1) is 5.41 Å². The van der Waals surface area contributed by atoms with Gasteiger partial charge in [0.25, 0.3) is 0 Å². The Morgan fingerprint density at radius 1 is 1.50 bits per heavy atom. The molecule has 0 amide bonds. The quantitative estimate of drug-likeness (QED) is 0.684. The van der Waals surface area contributed by atoms with Crippen LogP contribution in [0.2, 0.25) is 0 Å². The van der Waals surface area contributed by atoms with Crippen molar-refractivity contribution in [3.05, 3.63) is 0 Å². The summed E-state index contributed by atoms with van der Waals surface area (Å²) in [7, 11) is 0. The van der Waals surface area contributed by atoms with Gasteiger partial charge in [0.15, 0.2) is 0 Å². The molecule has 1 saturated carbocycles. The van der Waals surface area contributed by atoms with Crippen LogP contribution in [0.25, 0.3) is 0 Å². The zero-order valence-corrected chi connectivity index (χ0v) is 8.28. The SMILES string of the molecule is O=C(O)C1CCCN1CC1(CO)CC1. The molecule has 14 heavy (non-hydrogen) atoms. The number of aliphatic carboxylic acids is 1. The zero-order valence-electron chi connectivity index (χ0n) is 8.28. The molecule has 0 aromatic carbocycles. The third-order valence-corrected chi connectivity index (χ3v) is 3.48. The highest BCUT2D eigenvalue weighted by Gasteiger charge is 2.46. The number of hydrogen-bond acceptors (Lipinski definition) is 3. The molecule has 1 aliphatic carbocycles. The van der Waals surface area contributed by atoms with Crippen molar-refractivity contribution in [2.75, 3.05) is 19.7 Å². The molecule has 0 aromatic rings. The first-order valence-electron chi connectivity index (χ1n) is 5.25. The van der Waals surface area contributed by atoms with Gasteiger partial charge in [-0.2, -0.15) is 0 Å². The third-order valence-electron chi connectivity index (χ3n) is 3.48. The summed E-state index contributed by atoms with van der Waals surface area (Å²) < 4.78 is 0. The molecule has 2 fully saturated rings. The summed E-state index contributed by atoms with van der Waals surface area (Å²) in [5, 5.41) is 18.1. The van der Waals surface area contributed by atoms with Crippen molar-refractivity contribution in [1.82, 2.24) is 4.90 Å². The summed E-state index contributed by atoms with van der Waals surface area (Å²) in [4.78, 5) is 12.9. The fourth-order valence-corrected chi connectivity index (χ4v) is 2.27. The smallest absolute Gasteiger partial charge is 0.320 e. The lowest BCUT2D eigenvalue weighted by Crippen LogP contribution is -2.40. The Bertz CT molecular complexity index is 238. The number of carboxylic acid groups (broad SMARTS) is 1. The van der Waals surface area contributed by atoms with Gasteiger partial charge in [-0.25, -0.2) is 0 Å². The van der Waals surface area contributed by atoms with E-state index in [-0.39, 0.29) is 18.1 Å². The minimum Gasteiger partial charge on any atom is -0.480 e. The first-order chi connectivity index (χ1) is 6.67. The molecule has 0 spiro atoms. The third kappa shape index (κ3) is 1.77. The van der Waals surface area contributed by atoms with E-state index in [1.807, 2.05) is 4.90 Å². The number of aliphatic hydroxyl groups excluding tert-OH is 1. The first kappa shape index (κ1) is 9.93. The van der Waals surface area contributed by atoms with Gasteiger partial charge < -0.3 is 10.2 Å². The Balaban J connectivity index is 1.93. The van der Waals surface area contributed by atoms with Crippen LogP contribution in [0.5, 0.6) is 0 Å². The second-order valence-corrected chi connectivity index (χ2v) is 4.62. The van der Waals surface area contributed by atoms with E-state index in [4.69, 9.17) is 10.2 Å². The minimum atomic E-state index is -0.712. The first-order valence-corrected chi connectivity index (χ1v) is 5.25. The van der Waals surface area contributed by atoms with Crippen LogP contribution < -0.4 is 0 Å². The Morgan fingerprint density at radius 3 is 2.71 bits per heavy atom. The van der Waals surface area contributed by atoms with Gasteiger partial charge in [-0.05, 0) is 32.2 Å². The van der Waals surface area contributed by atoms with Gasteiger partial charge in [0, 0.05) is 18.6 Å². The molecule has 2 rings (SSSR count). The second-order valence-electron chi connectivity index (χ2n) is 4.62.